The average molecular weight is 471 g/mol. The normalized spacial score (nSPS) is 11.6. The van der Waals surface area contributed by atoms with Crippen LogP contribution < -0.4 is 10.1 Å². The molecule has 0 saturated carbocycles. The highest BCUT2D eigenvalue weighted by Gasteiger charge is 2.19. The minimum atomic E-state index is -3.54. The molecule has 1 amide bonds. The molecule has 0 radical (unpaired) electrons. The Labute approximate surface area is 189 Å². The number of aryl methyl sites for hydroxylation is 1. The molecule has 0 bridgehead atoms. The molecule has 0 atom stereocenters. The highest BCUT2D eigenvalue weighted by Crippen LogP contribution is 2.32. The van der Waals surface area contributed by atoms with Crippen molar-refractivity contribution in [1.29, 1.82) is 0 Å². The molecule has 32 heavy (non-hydrogen) atoms. The molecule has 8 nitrogen and oxygen atoms in total. The van der Waals surface area contributed by atoms with Crippen LogP contribution in [0.4, 0.5) is 5.82 Å². The number of nitrogens with zero attached hydrogens (tertiary/aromatic N) is 3. The molecule has 1 N–H and O–H groups in total. The quantitative estimate of drug-likeness (QED) is 0.418. The lowest BCUT2D eigenvalue weighted by Gasteiger charge is -2.07. The number of nitrogens with one attached hydrogen (secondary N) is 1. The molecule has 0 fully saturated rings. The summed E-state index contributed by atoms with van der Waals surface area (Å²) in [7, 11) is -3.54. The van der Waals surface area contributed by atoms with E-state index in [1.165, 1.54) is 23.5 Å². The van der Waals surface area contributed by atoms with Crippen molar-refractivity contribution in [3.63, 3.8) is 0 Å². The van der Waals surface area contributed by atoms with Crippen LogP contribution in [0.3, 0.4) is 0 Å². The van der Waals surface area contributed by atoms with Crippen molar-refractivity contribution < 1.29 is 17.9 Å². The number of fused-ring (bicyclic) bond motifs is 1. The van der Waals surface area contributed by atoms with Gasteiger partial charge in [-0.25, -0.2) is 13.4 Å². The molecule has 166 valence electrons. The highest BCUT2D eigenvalue weighted by atomic mass is 32.2. The molecule has 0 spiro atoms. The van der Waals surface area contributed by atoms with Crippen LogP contribution in [-0.2, 0) is 14.6 Å². The number of sulfone groups is 1. The first-order valence-electron chi connectivity index (χ1n) is 10.0. The van der Waals surface area contributed by atoms with Gasteiger partial charge in [-0.2, -0.15) is 9.78 Å². The minimum absolute atomic E-state index is 0.171. The molecular formula is C22H22N4O4S2. The second-order valence-electron chi connectivity index (χ2n) is 7.05. The van der Waals surface area contributed by atoms with E-state index in [2.05, 4.69) is 15.4 Å². The van der Waals surface area contributed by atoms with Gasteiger partial charge in [-0.3, -0.25) is 4.79 Å². The predicted molar refractivity (Wildman–Crippen MR) is 124 cm³/mol. The van der Waals surface area contributed by atoms with Crippen molar-refractivity contribution in [1.82, 2.24) is 14.8 Å². The van der Waals surface area contributed by atoms with E-state index >= 15 is 0 Å². The Morgan fingerprint density at radius 3 is 2.69 bits per heavy atom. The van der Waals surface area contributed by atoms with Crippen LogP contribution in [0.15, 0.2) is 59.5 Å². The molecular weight excluding hydrogens is 448 g/mol. The molecule has 2 heterocycles. The largest absolute Gasteiger partial charge is 0.492 e. The summed E-state index contributed by atoms with van der Waals surface area (Å²) in [6.45, 7) is 4.25. The van der Waals surface area contributed by atoms with Gasteiger partial charge in [0.15, 0.2) is 9.84 Å². The van der Waals surface area contributed by atoms with E-state index in [1.807, 2.05) is 32.0 Å². The fourth-order valence-corrected chi connectivity index (χ4v) is 5.40. The number of amides is 1. The predicted octanol–water partition coefficient (Wildman–Crippen LogP) is 3.99. The lowest BCUT2D eigenvalue weighted by atomic mass is 10.3. The lowest BCUT2D eigenvalue weighted by Crippen LogP contribution is -2.19. The summed E-state index contributed by atoms with van der Waals surface area (Å²) in [6.07, 6.45) is -0.171. The third-order valence-electron chi connectivity index (χ3n) is 4.65. The summed E-state index contributed by atoms with van der Waals surface area (Å²) in [5, 5.41) is 7.80. The number of carbonyl (C=O) groups is 1. The maximum absolute atomic E-state index is 12.5. The number of rotatable bonds is 8. The van der Waals surface area contributed by atoms with E-state index in [-0.39, 0.29) is 17.1 Å². The van der Waals surface area contributed by atoms with Crippen molar-refractivity contribution in [2.24, 2.45) is 0 Å². The van der Waals surface area contributed by atoms with Crippen LogP contribution in [0.5, 0.6) is 5.75 Å². The van der Waals surface area contributed by atoms with Crippen LogP contribution in [0.25, 0.3) is 15.3 Å². The first-order chi connectivity index (χ1) is 15.4. The Balaban J connectivity index is 1.53. The summed E-state index contributed by atoms with van der Waals surface area (Å²) in [6, 6.07) is 15.5. The van der Waals surface area contributed by atoms with Crippen molar-refractivity contribution in [3.8, 4) is 10.9 Å². The van der Waals surface area contributed by atoms with Gasteiger partial charge in [0.1, 0.15) is 17.1 Å². The minimum Gasteiger partial charge on any atom is -0.492 e. The molecule has 0 aliphatic heterocycles. The Bertz CT molecular complexity index is 1360. The van der Waals surface area contributed by atoms with Crippen LogP contribution in [0, 0.1) is 6.92 Å². The molecule has 4 aromatic rings. The topological polar surface area (TPSA) is 103 Å². The van der Waals surface area contributed by atoms with E-state index in [9.17, 15) is 13.2 Å². The van der Waals surface area contributed by atoms with Gasteiger partial charge in [0.05, 0.1) is 27.6 Å². The number of para-hydroxylation sites is 1. The van der Waals surface area contributed by atoms with Crippen LogP contribution in [-0.4, -0.2) is 41.4 Å². The number of anilines is 1. The van der Waals surface area contributed by atoms with E-state index in [0.717, 1.165) is 10.2 Å². The second-order valence-corrected chi connectivity index (χ2v) is 10.2. The van der Waals surface area contributed by atoms with Gasteiger partial charge in [0.25, 0.3) is 0 Å². The van der Waals surface area contributed by atoms with Gasteiger partial charge in [0, 0.05) is 12.5 Å². The summed E-state index contributed by atoms with van der Waals surface area (Å²) in [5.74, 6) is 0.422. The van der Waals surface area contributed by atoms with Crippen molar-refractivity contribution in [3.05, 3.63) is 60.3 Å². The van der Waals surface area contributed by atoms with Crippen LogP contribution in [0.1, 0.15) is 19.0 Å². The van der Waals surface area contributed by atoms with Crippen molar-refractivity contribution >= 4 is 43.1 Å². The second kappa shape index (κ2) is 9.09. The van der Waals surface area contributed by atoms with Crippen LogP contribution in [0.2, 0.25) is 0 Å². The van der Waals surface area contributed by atoms with Gasteiger partial charge in [-0.15, -0.1) is 0 Å². The van der Waals surface area contributed by atoms with Crippen molar-refractivity contribution in [2.75, 3.05) is 17.7 Å². The highest BCUT2D eigenvalue weighted by molar-refractivity contribution is 7.91. The molecule has 0 unspecified atom stereocenters. The summed E-state index contributed by atoms with van der Waals surface area (Å²) in [5.41, 5.74) is 1.43. The van der Waals surface area contributed by atoms with E-state index in [1.54, 1.807) is 28.9 Å². The van der Waals surface area contributed by atoms with E-state index < -0.39 is 15.7 Å². The van der Waals surface area contributed by atoms with Gasteiger partial charge >= 0.3 is 0 Å². The molecule has 0 aliphatic carbocycles. The standard InChI is InChI=1S/C22H22N4O4S2/c1-3-30-17-10-7-11-18-21(17)24-22(31-18)26-19(14-15(2)25-26)23-20(27)12-13-32(28,29)16-8-5-4-6-9-16/h4-11,14H,3,12-13H2,1-2H3,(H,23,27). The van der Waals surface area contributed by atoms with Gasteiger partial charge in [0.2, 0.25) is 11.0 Å². The van der Waals surface area contributed by atoms with E-state index in [4.69, 9.17) is 4.74 Å². The van der Waals surface area contributed by atoms with E-state index in [0.29, 0.717) is 29.0 Å². The van der Waals surface area contributed by atoms with Crippen molar-refractivity contribution in [2.45, 2.75) is 25.2 Å². The average Bonchev–Trinajstić information content (AvgIpc) is 3.37. The zero-order valence-electron chi connectivity index (χ0n) is 17.6. The molecule has 10 heteroatoms. The monoisotopic (exact) mass is 470 g/mol. The molecule has 2 aromatic carbocycles. The SMILES string of the molecule is CCOc1cccc2sc(-n3nc(C)cc3NC(=O)CCS(=O)(=O)c3ccccc3)nc12. The molecule has 0 saturated heterocycles. The number of thiazole rings is 1. The number of carbonyl (C=O) groups excluding carboxylic acids is 1. The number of aromatic nitrogens is 3. The first kappa shape index (κ1) is 22.0. The third-order valence-corrected chi connectivity index (χ3v) is 7.38. The van der Waals surface area contributed by atoms with Gasteiger partial charge in [-0.1, -0.05) is 35.6 Å². The molecule has 2 aromatic heterocycles. The Kier molecular flexibility index (Phi) is 6.24. The summed E-state index contributed by atoms with van der Waals surface area (Å²) < 4.78 is 33.0. The molecule has 0 aliphatic rings. The summed E-state index contributed by atoms with van der Waals surface area (Å²) >= 11 is 1.42. The maximum atomic E-state index is 12.5. The number of benzene rings is 2. The Morgan fingerprint density at radius 1 is 1.16 bits per heavy atom. The summed E-state index contributed by atoms with van der Waals surface area (Å²) in [4.78, 5) is 17.4. The number of ether oxygens (including phenoxy) is 1. The molecule has 4 rings (SSSR count). The number of hydrogen-bond acceptors (Lipinski definition) is 7. The fourth-order valence-electron chi connectivity index (χ4n) is 3.19. The van der Waals surface area contributed by atoms with Gasteiger partial charge in [-0.05, 0) is 38.1 Å². The number of hydrogen-bond donors (Lipinski definition) is 1. The fraction of sp³-hybridized carbons (Fsp3) is 0.227. The Morgan fingerprint density at radius 2 is 1.94 bits per heavy atom. The Hall–Kier alpha value is -3.24. The zero-order chi connectivity index (χ0) is 22.7. The first-order valence-corrected chi connectivity index (χ1v) is 12.5. The van der Waals surface area contributed by atoms with Crippen LogP contribution >= 0.6 is 11.3 Å². The third kappa shape index (κ3) is 4.66. The lowest BCUT2D eigenvalue weighted by molar-refractivity contribution is -0.115. The zero-order valence-corrected chi connectivity index (χ0v) is 19.2. The smallest absolute Gasteiger partial charge is 0.226 e. The maximum Gasteiger partial charge on any atom is 0.226 e. The van der Waals surface area contributed by atoms with Gasteiger partial charge < -0.3 is 10.1 Å².